The molecule has 1 aliphatic heterocycles. The van der Waals surface area contributed by atoms with E-state index >= 15 is 0 Å². The van der Waals surface area contributed by atoms with E-state index in [0.29, 0.717) is 11.6 Å². The molecule has 2 atom stereocenters. The number of hydrogen-bond acceptors (Lipinski definition) is 2. The molecule has 98 valence electrons. The smallest absolute Gasteiger partial charge is 0.128 e. The van der Waals surface area contributed by atoms with E-state index in [1.54, 1.807) is 6.20 Å². The number of rotatable bonds is 3. The molecule has 1 aromatic carbocycles. The molecule has 1 aliphatic rings. The summed E-state index contributed by atoms with van der Waals surface area (Å²) in [7, 11) is 1.90. The summed E-state index contributed by atoms with van der Waals surface area (Å²) in [5, 5.41) is 3.21. The molecule has 1 aromatic rings. The molecule has 1 heterocycles. The van der Waals surface area contributed by atoms with Crippen LogP contribution in [-0.2, 0) is 0 Å². The fourth-order valence-electron chi connectivity index (χ4n) is 2.54. The number of halogens is 2. The molecular formula is C14H18F2N2. The number of benzene rings is 1. The third-order valence-corrected chi connectivity index (χ3v) is 3.60. The van der Waals surface area contributed by atoms with Crippen LogP contribution in [0.25, 0.3) is 0 Å². The fourth-order valence-corrected chi connectivity index (χ4v) is 2.54. The summed E-state index contributed by atoms with van der Waals surface area (Å²) >= 11 is 0. The van der Waals surface area contributed by atoms with Crippen LogP contribution in [0, 0.1) is 11.6 Å². The second kappa shape index (κ2) is 5.48. The standard InChI is InChI=1S/C14H18F2N2/c1-3-18-7-6-11(17-2)9-14(18)12-8-10(15)4-5-13(12)16/h3-5,8,11,14,17H,1,6-7,9H2,2H3/t11?,14-/m0/s1. The van der Waals surface area contributed by atoms with E-state index < -0.39 is 5.82 Å². The van der Waals surface area contributed by atoms with Gasteiger partial charge in [-0.3, -0.25) is 0 Å². The molecule has 1 N–H and O–H groups in total. The molecule has 1 saturated heterocycles. The molecule has 0 amide bonds. The SMILES string of the molecule is C=CN1CCC(NC)C[C@H]1c1cc(F)ccc1F. The van der Waals surface area contributed by atoms with Crippen LogP contribution < -0.4 is 5.32 Å². The highest BCUT2D eigenvalue weighted by molar-refractivity contribution is 5.24. The van der Waals surface area contributed by atoms with E-state index in [2.05, 4.69) is 11.9 Å². The minimum atomic E-state index is -0.401. The molecule has 18 heavy (non-hydrogen) atoms. The first-order chi connectivity index (χ1) is 8.65. The maximum absolute atomic E-state index is 13.8. The van der Waals surface area contributed by atoms with Crippen molar-refractivity contribution >= 4 is 0 Å². The molecular weight excluding hydrogens is 234 g/mol. The van der Waals surface area contributed by atoms with Gasteiger partial charge in [-0.2, -0.15) is 0 Å². The van der Waals surface area contributed by atoms with E-state index in [1.807, 2.05) is 11.9 Å². The van der Waals surface area contributed by atoms with Crippen molar-refractivity contribution in [2.75, 3.05) is 13.6 Å². The molecule has 0 aliphatic carbocycles. The third kappa shape index (κ3) is 2.53. The summed E-state index contributed by atoms with van der Waals surface area (Å²) in [5.74, 6) is -0.757. The van der Waals surface area contributed by atoms with E-state index in [1.165, 1.54) is 12.1 Å². The van der Waals surface area contributed by atoms with Crippen LogP contribution >= 0.6 is 0 Å². The molecule has 0 saturated carbocycles. The van der Waals surface area contributed by atoms with Gasteiger partial charge < -0.3 is 10.2 Å². The lowest BCUT2D eigenvalue weighted by molar-refractivity contribution is 0.181. The zero-order valence-electron chi connectivity index (χ0n) is 10.5. The number of likely N-dealkylation sites (tertiary alicyclic amines) is 1. The first-order valence-electron chi connectivity index (χ1n) is 6.16. The lowest BCUT2D eigenvalue weighted by Gasteiger charge is -2.39. The van der Waals surface area contributed by atoms with Crippen molar-refractivity contribution in [1.29, 1.82) is 0 Å². The Labute approximate surface area is 106 Å². The summed E-state index contributed by atoms with van der Waals surface area (Å²) < 4.78 is 27.1. The second-order valence-corrected chi connectivity index (χ2v) is 4.61. The molecule has 0 aromatic heterocycles. The summed E-state index contributed by atoms with van der Waals surface area (Å²) in [6, 6.07) is 3.80. The van der Waals surface area contributed by atoms with E-state index in [9.17, 15) is 8.78 Å². The third-order valence-electron chi connectivity index (χ3n) is 3.60. The Morgan fingerprint density at radius 3 is 2.89 bits per heavy atom. The van der Waals surface area contributed by atoms with Gasteiger partial charge in [-0.05, 0) is 44.3 Å². The van der Waals surface area contributed by atoms with Crippen LogP contribution in [0.4, 0.5) is 8.78 Å². The van der Waals surface area contributed by atoms with Crippen LogP contribution in [-0.4, -0.2) is 24.5 Å². The first-order valence-corrected chi connectivity index (χ1v) is 6.16. The van der Waals surface area contributed by atoms with Crippen molar-refractivity contribution in [3.05, 3.63) is 48.2 Å². The van der Waals surface area contributed by atoms with Gasteiger partial charge >= 0.3 is 0 Å². The maximum atomic E-state index is 13.8. The Morgan fingerprint density at radius 1 is 1.44 bits per heavy atom. The average Bonchev–Trinajstić information content (AvgIpc) is 2.40. The van der Waals surface area contributed by atoms with E-state index in [-0.39, 0.29) is 11.9 Å². The van der Waals surface area contributed by atoms with E-state index in [0.717, 1.165) is 25.5 Å². The summed E-state index contributed by atoms with van der Waals surface area (Å²) in [5.41, 5.74) is 0.412. The van der Waals surface area contributed by atoms with Crippen LogP contribution in [0.15, 0.2) is 31.0 Å². The molecule has 1 unspecified atom stereocenters. The zero-order chi connectivity index (χ0) is 13.1. The topological polar surface area (TPSA) is 15.3 Å². The van der Waals surface area contributed by atoms with Gasteiger partial charge in [0.1, 0.15) is 11.6 Å². The Bertz CT molecular complexity index is 434. The number of nitrogens with one attached hydrogen (secondary N) is 1. The van der Waals surface area contributed by atoms with Crippen molar-refractivity contribution in [3.8, 4) is 0 Å². The van der Waals surface area contributed by atoms with Crippen molar-refractivity contribution < 1.29 is 8.78 Å². The van der Waals surface area contributed by atoms with Crippen molar-refractivity contribution in [2.45, 2.75) is 24.9 Å². The Balaban J connectivity index is 2.32. The first kappa shape index (κ1) is 13.0. The normalized spacial score (nSPS) is 24.1. The predicted molar refractivity (Wildman–Crippen MR) is 68.1 cm³/mol. The predicted octanol–water partition coefficient (Wildman–Crippen LogP) is 2.83. The summed E-state index contributed by atoms with van der Waals surface area (Å²) in [4.78, 5) is 1.98. The highest BCUT2D eigenvalue weighted by Crippen LogP contribution is 2.32. The van der Waals surface area contributed by atoms with Gasteiger partial charge in [0.15, 0.2) is 0 Å². The monoisotopic (exact) mass is 252 g/mol. The minimum Gasteiger partial charge on any atom is -0.371 e. The van der Waals surface area contributed by atoms with Gasteiger partial charge in [-0.25, -0.2) is 8.78 Å². The van der Waals surface area contributed by atoms with Gasteiger partial charge in [0, 0.05) is 18.2 Å². The molecule has 0 spiro atoms. The van der Waals surface area contributed by atoms with Gasteiger partial charge in [-0.1, -0.05) is 6.58 Å². The second-order valence-electron chi connectivity index (χ2n) is 4.61. The largest absolute Gasteiger partial charge is 0.371 e. The van der Waals surface area contributed by atoms with Crippen LogP contribution in [0.3, 0.4) is 0 Å². The molecule has 0 radical (unpaired) electrons. The lowest BCUT2D eigenvalue weighted by atomic mass is 9.92. The van der Waals surface area contributed by atoms with Gasteiger partial charge in [-0.15, -0.1) is 0 Å². The summed E-state index contributed by atoms with van der Waals surface area (Å²) in [6.45, 7) is 4.55. The van der Waals surface area contributed by atoms with Crippen molar-refractivity contribution in [2.24, 2.45) is 0 Å². The Morgan fingerprint density at radius 2 is 2.22 bits per heavy atom. The Kier molecular flexibility index (Phi) is 3.97. The maximum Gasteiger partial charge on any atom is 0.128 e. The number of nitrogens with zero attached hydrogens (tertiary/aromatic N) is 1. The average molecular weight is 252 g/mol. The fraction of sp³-hybridized carbons (Fsp3) is 0.429. The molecule has 2 nitrogen and oxygen atoms in total. The quantitative estimate of drug-likeness (QED) is 0.890. The molecule has 0 bridgehead atoms. The molecule has 4 heteroatoms. The van der Waals surface area contributed by atoms with Crippen LogP contribution in [0.1, 0.15) is 24.4 Å². The lowest BCUT2D eigenvalue weighted by Crippen LogP contribution is -2.41. The molecule has 1 fully saturated rings. The van der Waals surface area contributed by atoms with E-state index in [4.69, 9.17) is 0 Å². The van der Waals surface area contributed by atoms with Crippen LogP contribution in [0.5, 0.6) is 0 Å². The van der Waals surface area contributed by atoms with Crippen molar-refractivity contribution in [1.82, 2.24) is 10.2 Å². The summed E-state index contributed by atoms with van der Waals surface area (Å²) in [6.07, 6.45) is 3.44. The number of piperidine rings is 1. The minimum absolute atomic E-state index is 0.149. The van der Waals surface area contributed by atoms with Gasteiger partial charge in [0.05, 0.1) is 6.04 Å². The van der Waals surface area contributed by atoms with Gasteiger partial charge in [0.2, 0.25) is 0 Å². The van der Waals surface area contributed by atoms with Crippen molar-refractivity contribution in [3.63, 3.8) is 0 Å². The highest BCUT2D eigenvalue weighted by atomic mass is 19.1. The zero-order valence-corrected chi connectivity index (χ0v) is 10.5. The Hall–Kier alpha value is -1.42. The highest BCUT2D eigenvalue weighted by Gasteiger charge is 2.28. The van der Waals surface area contributed by atoms with Crippen LogP contribution in [0.2, 0.25) is 0 Å². The molecule has 2 rings (SSSR count). The number of hydrogen-bond donors (Lipinski definition) is 1. The van der Waals surface area contributed by atoms with Gasteiger partial charge in [0.25, 0.3) is 0 Å².